The fourth-order valence-electron chi connectivity index (χ4n) is 2.94. The molecule has 3 N–H and O–H groups in total. The van der Waals surface area contributed by atoms with Gasteiger partial charge in [0.2, 0.25) is 0 Å². The van der Waals surface area contributed by atoms with Gasteiger partial charge in [-0.05, 0) is 48.1 Å². The van der Waals surface area contributed by atoms with Crippen LogP contribution in [0.15, 0.2) is 47.6 Å². The van der Waals surface area contributed by atoms with E-state index in [1.54, 1.807) is 23.2 Å². The Bertz CT molecular complexity index is 933. The van der Waals surface area contributed by atoms with Gasteiger partial charge in [0.25, 0.3) is 0 Å². The fourth-order valence-corrected chi connectivity index (χ4v) is 3.23. The molecule has 3 rings (SSSR count). The number of nitrogens with two attached hydrogens (primary N) is 1. The summed E-state index contributed by atoms with van der Waals surface area (Å²) in [5.74, 6) is -0.310. The molecular weight excluding hydrogens is 402 g/mol. The van der Waals surface area contributed by atoms with Gasteiger partial charge in [0, 0.05) is 17.0 Å². The van der Waals surface area contributed by atoms with E-state index in [9.17, 15) is 4.79 Å². The number of thiocarbonyl (C=S) groups is 1. The van der Waals surface area contributed by atoms with Crippen LogP contribution in [0.5, 0.6) is 11.5 Å². The summed E-state index contributed by atoms with van der Waals surface area (Å²) in [6.45, 7) is -0.454. The molecule has 0 radical (unpaired) electrons. The highest BCUT2D eigenvalue weighted by atomic mass is 35.5. The van der Waals surface area contributed by atoms with E-state index in [4.69, 9.17) is 44.1 Å². The molecule has 9 heteroatoms. The van der Waals surface area contributed by atoms with Crippen LogP contribution in [-0.4, -0.2) is 40.6 Å². The van der Waals surface area contributed by atoms with Crippen LogP contribution in [0.4, 0.5) is 0 Å². The maximum absolute atomic E-state index is 10.7. The van der Waals surface area contributed by atoms with E-state index in [0.29, 0.717) is 22.9 Å². The Balaban J connectivity index is 1.88. The van der Waals surface area contributed by atoms with Gasteiger partial charge in [-0.15, -0.1) is 0 Å². The molecule has 0 fully saturated rings. The molecule has 2 aromatic carbocycles. The largest absolute Gasteiger partial charge is 0.493 e. The maximum Gasteiger partial charge on any atom is 0.341 e. The van der Waals surface area contributed by atoms with Crippen LogP contribution in [0.1, 0.15) is 23.6 Å². The minimum atomic E-state index is -1.07. The van der Waals surface area contributed by atoms with Crippen LogP contribution in [0, 0.1) is 0 Å². The van der Waals surface area contributed by atoms with Gasteiger partial charge < -0.3 is 20.3 Å². The van der Waals surface area contributed by atoms with E-state index in [2.05, 4.69) is 5.10 Å². The first-order valence-electron chi connectivity index (χ1n) is 8.33. The number of benzene rings is 2. The van der Waals surface area contributed by atoms with Gasteiger partial charge in [0.15, 0.2) is 23.2 Å². The van der Waals surface area contributed by atoms with Crippen LogP contribution < -0.4 is 15.2 Å². The molecule has 0 bridgehead atoms. The molecule has 0 amide bonds. The number of hydrazone groups is 1. The number of nitrogens with zero attached hydrogens (tertiary/aromatic N) is 2. The van der Waals surface area contributed by atoms with Crippen molar-refractivity contribution in [1.82, 2.24) is 5.01 Å². The SMILES string of the molecule is COc1cc(C2=NN(C(N)=S)C(c3ccc(Cl)cc3)C2)ccc1OCC(=O)O. The Labute approximate surface area is 172 Å². The average Bonchev–Trinajstić information content (AvgIpc) is 3.12. The van der Waals surface area contributed by atoms with E-state index in [-0.39, 0.29) is 11.2 Å². The number of rotatable bonds is 6. The van der Waals surface area contributed by atoms with Crippen molar-refractivity contribution in [2.45, 2.75) is 12.5 Å². The van der Waals surface area contributed by atoms with Crippen molar-refractivity contribution < 1.29 is 19.4 Å². The molecule has 1 unspecified atom stereocenters. The number of aliphatic carboxylic acids is 1. The minimum Gasteiger partial charge on any atom is -0.493 e. The monoisotopic (exact) mass is 419 g/mol. The first kappa shape index (κ1) is 19.9. The van der Waals surface area contributed by atoms with E-state index in [0.717, 1.165) is 16.8 Å². The Morgan fingerprint density at radius 1 is 1.32 bits per heavy atom. The van der Waals surface area contributed by atoms with Gasteiger partial charge >= 0.3 is 5.97 Å². The number of carboxylic acids is 1. The van der Waals surface area contributed by atoms with Gasteiger partial charge in [-0.1, -0.05) is 23.7 Å². The molecule has 146 valence electrons. The van der Waals surface area contributed by atoms with Crippen LogP contribution in [0.25, 0.3) is 0 Å². The number of halogens is 1. The van der Waals surface area contributed by atoms with Crippen molar-refractivity contribution >= 4 is 40.6 Å². The minimum absolute atomic E-state index is 0.140. The lowest BCUT2D eigenvalue weighted by molar-refractivity contribution is -0.139. The van der Waals surface area contributed by atoms with Crippen LogP contribution in [0.3, 0.4) is 0 Å². The third kappa shape index (κ3) is 4.35. The summed E-state index contributed by atoms with van der Waals surface area (Å²) in [6.07, 6.45) is 0.581. The van der Waals surface area contributed by atoms with Gasteiger partial charge in [0.1, 0.15) is 0 Å². The lowest BCUT2D eigenvalue weighted by atomic mass is 9.98. The highest BCUT2D eigenvalue weighted by molar-refractivity contribution is 7.80. The second-order valence-corrected chi connectivity index (χ2v) is 6.90. The van der Waals surface area contributed by atoms with Crippen molar-refractivity contribution in [3.8, 4) is 11.5 Å². The standard InChI is InChI=1S/C19H18ClN3O4S/c1-26-17-8-12(4-7-16(17)27-10-18(24)25)14-9-15(23(22-14)19(21)28)11-2-5-13(20)6-3-11/h2-8,15H,9-10H2,1H3,(H2,21,28)(H,24,25). The highest BCUT2D eigenvalue weighted by Crippen LogP contribution is 2.35. The molecule has 0 saturated carbocycles. The third-order valence-electron chi connectivity index (χ3n) is 4.24. The number of hydrogen-bond acceptors (Lipinski definition) is 5. The van der Waals surface area contributed by atoms with Gasteiger partial charge in [0.05, 0.1) is 18.9 Å². The average molecular weight is 420 g/mol. The maximum atomic E-state index is 10.7. The molecule has 28 heavy (non-hydrogen) atoms. The highest BCUT2D eigenvalue weighted by Gasteiger charge is 2.30. The quantitative estimate of drug-likeness (QED) is 0.694. The first-order valence-corrected chi connectivity index (χ1v) is 9.12. The number of hydrogen-bond donors (Lipinski definition) is 2. The lowest BCUT2D eigenvalue weighted by Gasteiger charge is -2.21. The van der Waals surface area contributed by atoms with Crippen molar-refractivity contribution in [1.29, 1.82) is 0 Å². The number of carbonyl (C=O) groups is 1. The summed E-state index contributed by atoms with van der Waals surface area (Å²) >= 11 is 11.1. The van der Waals surface area contributed by atoms with Crippen molar-refractivity contribution in [3.05, 3.63) is 58.6 Å². The summed E-state index contributed by atoms with van der Waals surface area (Å²) in [4.78, 5) is 10.7. The first-order chi connectivity index (χ1) is 13.4. The molecule has 0 spiro atoms. The van der Waals surface area contributed by atoms with Gasteiger partial charge in [-0.2, -0.15) is 5.10 Å². The molecule has 7 nitrogen and oxygen atoms in total. The normalized spacial score (nSPS) is 15.9. The summed E-state index contributed by atoms with van der Waals surface area (Å²) in [5, 5.41) is 15.8. The second kappa shape index (κ2) is 8.45. The Hall–Kier alpha value is -2.84. The zero-order valence-corrected chi connectivity index (χ0v) is 16.5. The van der Waals surface area contributed by atoms with Gasteiger partial charge in [-0.3, -0.25) is 0 Å². The predicted molar refractivity (Wildman–Crippen MR) is 110 cm³/mol. The Morgan fingerprint density at radius 3 is 2.64 bits per heavy atom. The molecule has 0 aromatic heterocycles. The Morgan fingerprint density at radius 2 is 2.04 bits per heavy atom. The van der Waals surface area contributed by atoms with Crippen molar-refractivity contribution in [3.63, 3.8) is 0 Å². The summed E-state index contributed by atoms with van der Waals surface area (Å²) in [7, 11) is 1.49. The summed E-state index contributed by atoms with van der Waals surface area (Å²) < 4.78 is 10.6. The molecule has 1 aliphatic rings. The molecule has 1 heterocycles. The van der Waals surface area contributed by atoms with E-state index in [1.807, 2.05) is 24.3 Å². The summed E-state index contributed by atoms with van der Waals surface area (Å²) in [6, 6.07) is 12.5. The predicted octanol–water partition coefficient (Wildman–Crippen LogP) is 3.21. The molecule has 0 saturated heterocycles. The smallest absolute Gasteiger partial charge is 0.341 e. The van der Waals surface area contributed by atoms with Crippen molar-refractivity contribution in [2.75, 3.05) is 13.7 Å². The molecule has 1 aliphatic heterocycles. The van der Waals surface area contributed by atoms with Gasteiger partial charge in [-0.25, -0.2) is 9.80 Å². The van der Waals surface area contributed by atoms with E-state index in [1.165, 1.54) is 7.11 Å². The molecular formula is C19H18ClN3O4S. The zero-order chi connectivity index (χ0) is 20.3. The van der Waals surface area contributed by atoms with Crippen LogP contribution in [-0.2, 0) is 4.79 Å². The zero-order valence-electron chi connectivity index (χ0n) is 15.0. The van der Waals surface area contributed by atoms with Crippen LogP contribution in [0.2, 0.25) is 5.02 Å². The fraction of sp³-hybridized carbons (Fsp3) is 0.211. The summed E-state index contributed by atoms with van der Waals surface area (Å²) in [5.41, 5.74) is 8.43. The Kier molecular flexibility index (Phi) is 6.01. The van der Waals surface area contributed by atoms with E-state index < -0.39 is 12.6 Å². The third-order valence-corrected chi connectivity index (χ3v) is 4.68. The number of carboxylic acid groups (broad SMARTS) is 1. The molecule has 1 atom stereocenters. The van der Waals surface area contributed by atoms with Crippen LogP contribution >= 0.6 is 23.8 Å². The number of methoxy groups -OCH3 is 1. The topological polar surface area (TPSA) is 97.4 Å². The van der Waals surface area contributed by atoms with Crippen molar-refractivity contribution in [2.24, 2.45) is 10.8 Å². The number of ether oxygens (including phenoxy) is 2. The lowest BCUT2D eigenvalue weighted by Crippen LogP contribution is -2.31. The second-order valence-electron chi connectivity index (χ2n) is 6.05. The molecule has 2 aromatic rings. The molecule has 0 aliphatic carbocycles. The van der Waals surface area contributed by atoms with E-state index >= 15 is 0 Å².